The number of hydrogen-bond acceptors (Lipinski definition) is 4. The van der Waals surface area contributed by atoms with E-state index in [-0.39, 0.29) is 34.8 Å². The Hall–Kier alpha value is -2.24. The first-order valence-corrected chi connectivity index (χ1v) is 11.0. The van der Waals surface area contributed by atoms with Gasteiger partial charge >= 0.3 is 0 Å². The van der Waals surface area contributed by atoms with Crippen molar-refractivity contribution < 1.29 is 19.8 Å². The molecule has 0 spiro atoms. The van der Waals surface area contributed by atoms with Crippen molar-refractivity contribution in [2.45, 2.75) is 57.4 Å². The second-order valence-corrected chi connectivity index (χ2v) is 9.98. The average molecular weight is 399 g/mol. The van der Waals surface area contributed by atoms with Crippen LogP contribution in [0.3, 0.4) is 0 Å². The summed E-state index contributed by atoms with van der Waals surface area (Å²) in [7, 11) is 0. The Kier molecular flexibility index (Phi) is 4.48. The number of rotatable bonds is 3. The van der Waals surface area contributed by atoms with E-state index >= 15 is 0 Å². The third-order valence-corrected chi connectivity index (χ3v) is 7.79. The number of carbonyl (C=O) groups excluding carboxylic acids is 2. The van der Waals surface area contributed by atoms with Crippen molar-refractivity contribution in [3.05, 3.63) is 23.8 Å². The van der Waals surface area contributed by atoms with Crippen LogP contribution in [0.15, 0.2) is 18.2 Å². The molecule has 4 saturated carbocycles. The lowest BCUT2D eigenvalue weighted by molar-refractivity contribution is -0.147. The van der Waals surface area contributed by atoms with E-state index in [1.807, 2.05) is 0 Å². The number of hydrogen-bond donors (Lipinski definition) is 3. The predicted octanol–water partition coefficient (Wildman–Crippen LogP) is 3.04. The molecule has 0 aromatic heterocycles. The van der Waals surface area contributed by atoms with Gasteiger partial charge in [-0.3, -0.25) is 9.59 Å². The normalized spacial score (nSPS) is 33.7. The standard InChI is InChI=1S/C23H30N2O4/c26-19-8-17(9-20(27)10-19)21(28)25-3-1-18(2-4-25)24-22(29)23-11-14-5-15(12-23)7-16(6-14)13-23/h8-10,14-16,18,26-27H,1-7,11-13H2,(H,24,29). The zero-order chi connectivity index (χ0) is 20.2. The van der Waals surface area contributed by atoms with Gasteiger partial charge in [0, 0.05) is 36.2 Å². The summed E-state index contributed by atoms with van der Waals surface area (Å²) in [5.74, 6) is 2.10. The molecule has 3 N–H and O–H groups in total. The van der Waals surface area contributed by atoms with E-state index < -0.39 is 0 Å². The summed E-state index contributed by atoms with van der Waals surface area (Å²) < 4.78 is 0. The molecule has 0 radical (unpaired) electrons. The molecular weight excluding hydrogens is 368 g/mol. The molecule has 29 heavy (non-hydrogen) atoms. The van der Waals surface area contributed by atoms with E-state index in [9.17, 15) is 19.8 Å². The Balaban J connectivity index is 1.18. The first-order valence-electron chi connectivity index (χ1n) is 11.0. The van der Waals surface area contributed by atoms with Gasteiger partial charge in [-0.15, -0.1) is 0 Å². The summed E-state index contributed by atoms with van der Waals surface area (Å²) in [6.07, 6.45) is 8.70. The molecule has 156 valence electrons. The molecule has 6 heteroatoms. The minimum atomic E-state index is -0.193. The zero-order valence-corrected chi connectivity index (χ0v) is 16.8. The first kappa shape index (κ1) is 18.8. The lowest BCUT2D eigenvalue weighted by Crippen LogP contribution is -2.56. The average Bonchev–Trinajstić information content (AvgIpc) is 2.66. The SMILES string of the molecule is O=C(c1cc(O)cc(O)c1)N1CCC(NC(=O)C23CC4CC(CC(C4)C2)C3)CC1. The van der Waals surface area contributed by atoms with Crippen molar-refractivity contribution in [1.82, 2.24) is 10.2 Å². The number of carbonyl (C=O) groups is 2. The lowest BCUT2D eigenvalue weighted by atomic mass is 9.49. The van der Waals surface area contributed by atoms with Gasteiger partial charge in [0.05, 0.1) is 0 Å². The molecular formula is C23H30N2O4. The molecule has 5 aliphatic rings. The number of nitrogens with zero attached hydrogens (tertiary/aromatic N) is 1. The van der Waals surface area contributed by atoms with E-state index in [2.05, 4.69) is 5.32 Å². The van der Waals surface area contributed by atoms with E-state index in [0.717, 1.165) is 49.9 Å². The maximum Gasteiger partial charge on any atom is 0.254 e. The smallest absolute Gasteiger partial charge is 0.254 e. The Morgan fingerprint density at radius 1 is 0.897 bits per heavy atom. The van der Waals surface area contributed by atoms with Crippen LogP contribution in [-0.2, 0) is 4.79 Å². The van der Waals surface area contributed by atoms with Crippen LogP contribution >= 0.6 is 0 Å². The Morgan fingerprint density at radius 2 is 1.41 bits per heavy atom. The molecule has 1 aromatic carbocycles. The summed E-state index contributed by atoms with van der Waals surface area (Å²) >= 11 is 0. The van der Waals surface area contributed by atoms with E-state index in [1.54, 1.807) is 4.90 Å². The van der Waals surface area contributed by atoms with Crippen LogP contribution < -0.4 is 5.32 Å². The molecule has 0 atom stereocenters. The lowest BCUT2D eigenvalue weighted by Gasteiger charge is -2.56. The molecule has 6 nitrogen and oxygen atoms in total. The fraction of sp³-hybridized carbons (Fsp3) is 0.652. The number of nitrogens with one attached hydrogen (secondary N) is 1. The van der Waals surface area contributed by atoms with Gasteiger partial charge in [-0.25, -0.2) is 0 Å². The topological polar surface area (TPSA) is 89.9 Å². The maximum atomic E-state index is 13.2. The van der Waals surface area contributed by atoms with E-state index in [1.165, 1.54) is 37.5 Å². The van der Waals surface area contributed by atoms with Crippen LogP contribution in [0.25, 0.3) is 0 Å². The fourth-order valence-corrected chi connectivity index (χ4v) is 6.86. The van der Waals surface area contributed by atoms with Gasteiger partial charge in [-0.2, -0.15) is 0 Å². The van der Waals surface area contributed by atoms with Crippen LogP contribution in [0.2, 0.25) is 0 Å². The van der Waals surface area contributed by atoms with Crippen LogP contribution in [0.1, 0.15) is 61.7 Å². The molecule has 1 aromatic rings. The van der Waals surface area contributed by atoms with Crippen LogP contribution in [0.4, 0.5) is 0 Å². The summed E-state index contributed by atoms with van der Waals surface area (Å²) in [6.45, 7) is 1.14. The number of piperidine rings is 1. The number of phenols is 2. The minimum absolute atomic E-state index is 0.119. The summed E-state index contributed by atoms with van der Waals surface area (Å²) in [4.78, 5) is 27.6. The van der Waals surface area contributed by atoms with Crippen molar-refractivity contribution >= 4 is 11.8 Å². The highest BCUT2D eigenvalue weighted by Gasteiger charge is 2.54. The number of likely N-dealkylation sites (tertiary alicyclic amines) is 1. The predicted molar refractivity (Wildman–Crippen MR) is 107 cm³/mol. The second kappa shape index (κ2) is 6.92. The molecule has 4 bridgehead atoms. The van der Waals surface area contributed by atoms with E-state index in [4.69, 9.17) is 0 Å². The van der Waals surface area contributed by atoms with Crippen molar-refractivity contribution in [1.29, 1.82) is 0 Å². The first-order chi connectivity index (χ1) is 13.9. The minimum Gasteiger partial charge on any atom is -0.508 e. The molecule has 5 fully saturated rings. The summed E-state index contributed by atoms with van der Waals surface area (Å²) in [5, 5.41) is 22.6. The van der Waals surface area contributed by atoms with Crippen molar-refractivity contribution in [2.24, 2.45) is 23.2 Å². The van der Waals surface area contributed by atoms with Gasteiger partial charge in [0.15, 0.2) is 0 Å². The van der Waals surface area contributed by atoms with Crippen molar-refractivity contribution in [3.8, 4) is 11.5 Å². The molecule has 4 aliphatic carbocycles. The van der Waals surface area contributed by atoms with Crippen LogP contribution in [0, 0.1) is 23.2 Å². The van der Waals surface area contributed by atoms with Crippen LogP contribution in [0.5, 0.6) is 11.5 Å². The number of benzene rings is 1. The third kappa shape index (κ3) is 3.47. The second-order valence-electron chi connectivity index (χ2n) is 9.98. The van der Waals surface area contributed by atoms with Crippen molar-refractivity contribution in [3.63, 3.8) is 0 Å². The Bertz CT molecular complexity index is 773. The van der Waals surface area contributed by atoms with Gasteiger partial charge in [0.25, 0.3) is 5.91 Å². The van der Waals surface area contributed by atoms with Gasteiger partial charge < -0.3 is 20.4 Å². The zero-order valence-electron chi connectivity index (χ0n) is 16.8. The number of phenolic OH excluding ortho intramolecular Hbond substituents is 2. The highest BCUT2D eigenvalue weighted by molar-refractivity contribution is 5.95. The molecule has 1 aliphatic heterocycles. The highest BCUT2D eigenvalue weighted by atomic mass is 16.3. The molecule has 1 heterocycles. The summed E-state index contributed by atoms with van der Waals surface area (Å²) in [5.41, 5.74) is 0.166. The molecule has 0 unspecified atom stereocenters. The van der Waals surface area contributed by atoms with Gasteiger partial charge in [-0.05, 0) is 81.3 Å². The molecule has 6 rings (SSSR count). The number of aromatic hydroxyl groups is 2. The monoisotopic (exact) mass is 398 g/mol. The molecule has 1 saturated heterocycles. The molecule has 2 amide bonds. The number of amides is 2. The van der Waals surface area contributed by atoms with Gasteiger partial charge in [-0.1, -0.05) is 0 Å². The Labute approximate surface area is 171 Å². The fourth-order valence-electron chi connectivity index (χ4n) is 6.86. The quantitative estimate of drug-likeness (QED) is 0.730. The van der Waals surface area contributed by atoms with Gasteiger partial charge in [0.1, 0.15) is 11.5 Å². The summed E-state index contributed by atoms with van der Waals surface area (Å²) in [6, 6.07) is 4.09. The largest absolute Gasteiger partial charge is 0.508 e. The highest BCUT2D eigenvalue weighted by Crippen LogP contribution is 2.60. The Morgan fingerprint density at radius 3 is 1.93 bits per heavy atom. The van der Waals surface area contributed by atoms with E-state index in [0.29, 0.717) is 18.7 Å². The van der Waals surface area contributed by atoms with Crippen molar-refractivity contribution in [2.75, 3.05) is 13.1 Å². The maximum absolute atomic E-state index is 13.2. The van der Waals surface area contributed by atoms with Gasteiger partial charge in [0.2, 0.25) is 5.91 Å². The third-order valence-electron chi connectivity index (χ3n) is 7.79. The van der Waals surface area contributed by atoms with Crippen LogP contribution in [-0.4, -0.2) is 46.1 Å².